The van der Waals surface area contributed by atoms with Crippen LogP contribution < -0.4 is 0 Å². The fourth-order valence-electron chi connectivity index (χ4n) is 6.19. The Kier molecular flexibility index (Phi) is 39.3. The SMILES string of the molecule is CC/C=C/C/C=C/C/C=C/C/C=C/CCCCCCCCCC(=O)OCC(COCCC(C(=O)O)[N+](C)(C)C)OC(=O)CCCCC/C=C/C/C=C/C/C=C/C/C=C/CC. The Hall–Kier alpha value is -3.75. The average molecular weight is 837 g/mol. The molecule has 2 atom stereocenters. The van der Waals surface area contributed by atoms with Gasteiger partial charge in [0.05, 0.1) is 34.4 Å². The van der Waals surface area contributed by atoms with Crippen LogP contribution in [0.4, 0.5) is 0 Å². The van der Waals surface area contributed by atoms with Crippen LogP contribution in [0.5, 0.6) is 0 Å². The van der Waals surface area contributed by atoms with Crippen LogP contribution in [-0.4, -0.2) is 80.6 Å². The quantitative estimate of drug-likeness (QED) is 0.0284. The molecule has 0 fully saturated rings. The molecule has 0 aliphatic heterocycles. The summed E-state index contributed by atoms with van der Waals surface area (Å²) in [6.45, 7) is 4.45. The Morgan fingerprint density at radius 3 is 1.32 bits per heavy atom. The molecular formula is C52H86NO7+. The van der Waals surface area contributed by atoms with Crippen molar-refractivity contribution in [3.8, 4) is 0 Å². The molecule has 0 spiro atoms. The number of carbonyl (C=O) groups excluding carboxylic acids is 2. The summed E-state index contributed by atoms with van der Waals surface area (Å²) in [4.78, 5) is 37.1. The van der Waals surface area contributed by atoms with Gasteiger partial charge >= 0.3 is 17.9 Å². The number of nitrogens with zero attached hydrogens (tertiary/aromatic N) is 1. The maximum absolute atomic E-state index is 12.7. The third-order valence-electron chi connectivity index (χ3n) is 9.73. The Morgan fingerprint density at radius 1 is 0.500 bits per heavy atom. The Bertz CT molecular complexity index is 1300. The minimum Gasteiger partial charge on any atom is -0.477 e. The predicted octanol–water partition coefficient (Wildman–Crippen LogP) is 13.1. The molecule has 8 heteroatoms. The minimum atomic E-state index is -0.886. The van der Waals surface area contributed by atoms with E-state index < -0.39 is 18.1 Å². The first kappa shape index (κ1) is 56.2. The maximum Gasteiger partial charge on any atom is 0.362 e. The number of aliphatic carboxylic acids is 1. The maximum atomic E-state index is 12.7. The van der Waals surface area contributed by atoms with Gasteiger partial charge in [0.25, 0.3) is 0 Å². The van der Waals surface area contributed by atoms with Crippen molar-refractivity contribution in [1.82, 2.24) is 0 Å². The van der Waals surface area contributed by atoms with Crippen LogP contribution in [0.25, 0.3) is 0 Å². The minimum absolute atomic E-state index is 0.0383. The zero-order valence-electron chi connectivity index (χ0n) is 38.6. The number of ether oxygens (including phenoxy) is 3. The highest BCUT2D eigenvalue weighted by Gasteiger charge is 2.31. The highest BCUT2D eigenvalue weighted by Crippen LogP contribution is 2.13. The van der Waals surface area contributed by atoms with E-state index in [-0.39, 0.29) is 42.7 Å². The molecule has 0 radical (unpaired) electrons. The van der Waals surface area contributed by atoms with E-state index in [1.54, 1.807) is 0 Å². The second kappa shape index (κ2) is 42.0. The highest BCUT2D eigenvalue weighted by molar-refractivity contribution is 5.72. The molecule has 0 saturated carbocycles. The number of hydrogen-bond acceptors (Lipinski definition) is 6. The molecule has 0 aromatic carbocycles. The number of unbranched alkanes of at least 4 members (excludes halogenated alkanes) is 10. The molecule has 0 aromatic heterocycles. The van der Waals surface area contributed by atoms with Gasteiger partial charge in [-0.2, -0.15) is 0 Å². The summed E-state index contributed by atoms with van der Waals surface area (Å²) in [5.74, 6) is -1.53. The van der Waals surface area contributed by atoms with Crippen molar-refractivity contribution in [2.75, 3.05) is 41.0 Å². The van der Waals surface area contributed by atoms with Crippen molar-refractivity contribution in [2.24, 2.45) is 0 Å². The van der Waals surface area contributed by atoms with Crippen molar-refractivity contribution >= 4 is 17.9 Å². The van der Waals surface area contributed by atoms with E-state index in [1.165, 1.54) is 25.7 Å². The van der Waals surface area contributed by atoms with Crippen LogP contribution in [0, 0.1) is 0 Å². The van der Waals surface area contributed by atoms with Crippen LogP contribution in [-0.2, 0) is 28.6 Å². The van der Waals surface area contributed by atoms with Gasteiger partial charge in [-0.05, 0) is 89.9 Å². The molecule has 0 rings (SSSR count). The van der Waals surface area contributed by atoms with Crippen LogP contribution in [0.2, 0.25) is 0 Å². The Labute approximate surface area is 366 Å². The smallest absolute Gasteiger partial charge is 0.362 e. The molecule has 0 aliphatic carbocycles. The van der Waals surface area contributed by atoms with Crippen LogP contribution >= 0.6 is 0 Å². The molecule has 8 nitrogen and oxygen atoms in total. The average Bonchev–Trinajstić information content (AvgIpc) is 3.21. The molecule has 0 aromatic rings. The lowest BCUT2D eigenvalue weighted by atomic mass is 10.1. The van der Waals surface area contributed by atoms with Gasteiger partial charge in [0.15, 0.2) is 12.1 Å². The number of hydrogen-bond donors (Lipinski definition) is 1. The third kappa shape index (κ3) is 39.7. The molecule has 0 heterocycles. The molecule has 340 valence electrons. The molecule has 0 saturated heterocycles. The molecular weight excluding hydrogens is 751 g/mol. The summed E-state index contributed by atoms with van der Waals surface area (Å²) in [6.07, 6.45) is 55.9. The van der Waals surface area contributed by atoms with Crippen molar-refractivity contribution in [1.29, 1.82) is 0 Å². The van der Waals surface area contributed by atoms with Gasteiger partial charge in [0.2, 0.25) is 0 Å². The normalized spacial score (nSPS) is 13.8. The van der Waals surface area contributed by atoms with Crippen LogP contribution in [0.1, 0.15) is 162 Å². The molecule has 60 heavy (non-hydrogen) atoms. The van der Waals surface area contributed by atoms with Crippen LogP contribution in [0.15, 0.2) is 97.2 Å². The summed E-state index contributed by atoms with van der Waals surface area (Å²) < 4.78 is 17.3. The lowest BCUT2D eigenvalue weighted by Crippen LogP contribution is -2.50. The van der Waals surface area contributed by atoms with E-state index >= 15 is 0 Å². The van der Waals surface area contributed by atoms with Crippen molar-refractivity contribution in [3.63, 3.8) is 0 Å². The first-order valence-corrected chi connectivity index (χ1v) is 23.3. The van der Waals surface area contributed by atoms with E-state index in [9.17, 15) is 19.5 Å². The van der Waals surface area contributed by atoms with E-state index in [2.05, 4.69) is 111 Å². The summed E-state index contributed by atoms with van der Waals surface area (Å²) in [5.41, 5.74) is 0. The number of esters is 2. The molecule has 0 aliphatic rings. The van der Waals surface area contributed by atoms with Crippen molar-refractivity contribution in [2.45, 2.75) is 174 Å². The highest BCUT2D eigenvalue weighted by atomic mass is 16.6. The molecule has 0 amide bonds. The van der Waals surface area contributed by atoms with Gasteiger partial charge in [-0.25, -0.2) is 4.79 Å². The number of rotatable bonds is 40. The van der Waals surface area contributed by atoms with Gasteiger partial charge in [-0.15, -0.1) is 0 Å². The van der Waals surface area contributed by atoms with Gasteiger partial charge in [0.1, 0.15) is 6.61 Å². The van der Waals surface area contributed by atoms with Gasteiger partial charge in [0, 0.05) is 19.3 Å². The van der Waals surface area contributed by atoms with E-state index in [4.69, 9.17) is 14.2 Å². The first-order chi connectivity index (χ1) is 29.1. The number of carbonyl (C=O) groups is 3. The van der Waals surface area contributed by atoms with Crippen molar-refractivity contribution < 1.29 is 38.2 Å². The predicted molar refractivity (Wildman–Crippen MR) is 252 cm³/mol. The number of quaternary nitrogens is 1. The third-order valence-corrected chi connectivity index (χ3v) is 9.73. The summed E-state index contributed by atoms with van der Waals surface area (Å²) in [6, 6.07) is -0.628. The fourth-order valence-corrected chi connectivity index (χ4v) is 6.19. The monoisotopic (exact) mass is 837 g/mol. The first-order valence-electron chi connectivity index (χ1n) is 23.3. The van der Waals surface area contributed by atoms with E-state index in [0.29, 0.717) is 12.8 Å². The standard InChI is InChI=1S/C52H85NO7/c1-6-8-10-12-14-16-18-20-22-24-25-26-27-29-30-32-34-36-38-40-42-50(54)59-47-48(46-58-45-44-49(52(56)57)53(3,4)5)60-51(55)43-41-39-37-35-33-31-28-23-21-19-17-15-13-11-9-7-2/h8-11,14-17,20-23,25-26,31,33,48-49H,6-7,12-13,18-19,24,27-30,32,34-47H2,1-5H3/p+1/b10-8+,11-9+,16-14+,17-15+,22-20+,23-21+,26-25+,33-31+. The van der Waals surface area contributed by atoms with E-state index in [1.807, 2.05) is 21.1 Å². The number of likely N-dealkylation sites (N-methyl/N-ethyl adjacent to an activating group) is 1. The lowest BCUT2D eigenvalue weighted by molar-refractivity contribution is -0.887. The zero-order valence-corrected chi connectivity index (χ0v) is 38.6. The van der Waals surface area contributed by atoms with Gasteiger partial charge in [-0.1, -0.05) is 150 Å². The lowest BCUT2D eigenvalue weighted by Gasteiger charge is -2.31. The topological polar surface area (TPSA) is 99.1 Å². The second-order valence-electron chi connectivity index (χ2n) is 16.2. The van der Waals surface area contributed by atoms with Gasteiger partial charge < -0.3 is 23.8 Å². The second-order valence-corrected chi connectivity index (χ2v) is 16.2. The summed E-state index contributed by atoms with van der Waals surface area (Å²) >= 11 is 0. The van der Waals surface area contributed by atoms with Crippen LogP contribution in [0.3, 0.4) is 0 Å². The Morgan fingerprint density at radius 2 is 0.883 bits per heavy atom. The molecule has 2 unspecified atom stereocenters. The number of carboxylic acid groups (broad SMARTS) is 1. The summed E-state index contributed by atoms with van der Waals surface area (Å²) in [7, 11) is 5.50. The fraction of sp³-hybridized carbons (Fsp3) is 0.635. The number of carboxylic acids is 1. The largest absolute Gasteiger partial charge is 0.477 e. The molecule has 0 bridgehead atoms. The summed E-state index contributed by atoms with van der Waals surface area (Å²) in [5, 5.41) is 9.63. The number of allylic oxidation sites excluding steroid dienone is 16. The van der Waals surface area contributed by atoms with Crippen molar-refractivity contribution in [3.05, 3.63) is 97.2 Å². The van der Waals surface area contributed by atoms with Gasteiger partial charge in [-0.3, -0.25) is 9.59 Å². The van der Waals surface area contributed by atoms with E-state index in [0.717, 1.165) is 103 Å². The Balaban J connectivity index is 4.39. The zero-order chi connectivity index (χ0) is 44.2. The molecule has 1 N–H and O–H groups in total.